The molecule has 3 amide bonds. The molecule has 3 aromatic rings. The van der Waals surface area contributed by atoms with Crippen LogP contribution in [0.3, 0.4) is 0 Å². The number of anilines is 2. The highest BCUT2D eigenvalue weighted by atomic mass is 32.1. The summed E-state index contributed by atoms with van der Waals surface area (Å²) in [5.41, 5.74) is 2.47. The third-order valence-corrected chi connectivity index (χ3v) is 6.11. The van der Waals surface area contributed by atoms with Crippen molar-refractivity contribution in [2.45, 2.75) is 18.9 Å². The van der Waals surface area contributed by atoms with Crippen LogP contribution in [-0.2, 0) is 9.53 Å². The molecule has 2 heterocycles. The van der Waals surface area contributed by atoms with Gasteiger partial charge in [0.05, 0.1) is 6.10 Å². The number of benzene rings is 2. The van der Waals surface area contributed by atoms with Gasteiger partial charge in [0.25, 0.3) is 0 Å². The summed E-state index contributed by atoms with van der Waals surface area (Å²) in [6.07, 6.45) is 5.44. The molecule has 0 spiro atoms. The first-order chi connectivity index (χ1) is 15.7. The molecule has 0 radical (unpaired) electrons. The Bertz CT molecular complexity index is 1070. The molecule has 0 saturated carbocycles. The zero-order valence-corrected chi connectivity index (χ0v) is 18.4. The van der Waals surface area contributed by atoms with Gasteiger partial charge in [-0.1, -0.05) is 30.3 Å². The van der Waals surface area contributed by atoms with Crippen LogP contribution in [0.5, 0.6) is 0 Å². The first-order valence-electron chi connectivity index (χ1n) is 10.6. The largest absolute Gasteiger partial charge is 0.376 e. The standard InChI is InChI=1S/C25H25N3O3S/c29-24(15-13-22-12-14-23(32-22)18-5-2-1-3-6-18)27-19-8-10-20(11-9-19)28-25(30)26-17-21-7-4-16-31-21/h1-3,5-6,8-15,21H,4,7,16-17H2,(H,27,29)(H2,26,28,30)/b15-13+. The molecule has 7 heteroatoms. The van der Waals surface area contributed by atoms with Crippen molar-refractivity contribution < 1.29 is 14.3 Å². The summed E-state index contributed by atoms with van der Waals surface area (Å²) in [7, 11) is 0. The second-order valence-electron chi connectivity index (χ2n) is 7.44. The first kappa shape index (κ1) is 21.8. The van der Waals surface area contributed by atoms with Crippen molar-refractivity contribution >= 4 is 40.7 Å². The van der Waals surface area contributed by atoms with Gasteiger partial charge in [0.1, 0.15) is 0 Å². The van der Waals surface area contributed by atoms with Gasteiger partial charge in [0.15, 0.2) is 0 Å². The Balaban J connectivity index is 1.24. The van der Waals surface area contributed by atoms with Gasteiger partial charge in [-0.15, -0.1) is 11.3 Å². The quantitative estimate of drug-likeness (QED) is 0.426. The van der Waals surface area contributed by atoms with Gasteiger partial charge in [-0.3, -0.25) is 4.79 Å². The van der Waals surface area contributed by atoms with E-state index in [1.54, 1.807) is 41.7 Å². The number of carbonyl (C=O) groups excluding carboxylic acids is 2. The van der Waals surface area contributed by atoms with Crippen LogP contribution in [0.2, 0.25) is 0 Å². The van der Waals surface area contributed by atoms with E-state index in [-0.39, 0.29) is 18.0 Å². The lowest BCUT2D eigenvalue weighted by molar-refractivity contribution is -0.111. The molecule has 1 aromatic heterocycles. The Morgan fingerprint density at radius 3 is 2.44 bits per heavy atom. The Kier molecular flexibility index (Phi) is 7.32. The van der Waals surface area contributed by atoms with Crippen LogP contribution < -0.4 is 16.0 Å². The third-order valence-electron chi connectivity index (χ3n) is 5.01. The molecular weight excluding hydrogens is 422 g/mol. The van der Waals surface area contributed by atoms with Crippen LogP contribution in [-0.4, -0.2) is 31.2 Å². The average molecular weight is 448 g/mol. The highest BCUT2D eigenvalue weighted by molar-refractivity contribution is 7.16. The van der Waals surface area contributed by atoms with Gasteiger partial charge < -0.3 is 20.7 Å². The molecule has 1 aliphatic rings. The van der Waals surface area contributed by atoms with E-state index in [1.165, 1.54) is 6.08 Å². The molecule has 2 aromatic carbocycles. The monoisotopic (exact) mass is 447 g/mol. The fourth-order valence-corrected chi connectivity index (χ4v) is 4.28. The van der Waals surface area contributed by atoms with E-state index in [0.29, 0.717) is 17.9 Å². The van der Waals surface area contributed by atoms with Crippen molar-refractivity contribution in [2.24, 2.45) is 0 Å². The fraction of sp³-hybridized carbons (Fsp3) is 0.200. The number of amides is 3. The zero-order chi connectivity index (χ0) is 22.2. The van der Waals surface area contributed by atoms with E-state index in [1.807, 2.05) is 24.3 Å². The minimum Gasteiger partial charge on any atom is -0.376 e. The molecule has 1 aliphatic heterocycles. The predicted octanol–water partition coefficient (Wildman–Crippen LogP) is 5.37. The van der Waals surface area contributed by atoms with E-state index in [4.69, 9.17) is 4.74 Å². The topological polar surface area (TPSA) is 79.5 Å². The SMILES string of the molecule is O=C(/C=C/c1ccc(-c2ccccc2)s1)Nc1ccc(NC(=O)NCC2CCCO2)cc1. The maximum atomic E-state index is 12.3. The molecule has 6 nitrogen and oxygen atoms in total. The maximum Gasteiger partial charge on any atom is 0.319 e. The highest BCUT2D eigenvalue weighted by Crippen LogP contribution is 2.28. The van der Waals surface area contributed by atoms with Crippen LogP contribution >= 0.6 is 11.3 Å². The molecular formula is C25H25N3O3S. The van der Waals surface area contributed by atoms with Crippen molar-refractivity contribution in [1.82, 2.24) is 5.32 Å². The van der Waals surface area contributed by atoms with Gasteiger partial charge in [-0.25, -0.2) is 4.79 Å². The maximum absolute atomic E-state index is 12.3. The van der Waals surface area contributed by atoms with Gasteiger partial charge >= 0.3 is 6.03 Å². The van der Waals surface area contributed by atoms with E-state index >= 15 is 0 Å². The number of nitrogens with one attached hydrogen (secondary N) is 3. The molecule has 0 bridgehead atoms. The summed E-state index contributed by atoms with van der Waals surface area (Å²) in [6.45, 7) is 1.27. The fourth-order valence-electron chi connectivity index (χ4n) is 3.37. The molecule has 1 fully saturated rings. The second-order valence-corrected chi connectivity index (χ2v) is 8.55. The van der Waals surface area contributed by atoms with Crippen molar-refractivity contribution in [3.63, 3.8) is 0 Å². The highest BCUT2D eigenvalue weighted by Gasteiger charge is 2.16. The average Bonchev–Trinajstić information content (AvgIpc) is 3.51. The van der Waals surface area contributed by atoms with Crippen LogP contribution in [0.15, 0.2) is 72.8 Å². The van der Waals surface area contributed by atoms with Crippen LogP contribution in [0.25, 0.3) is 16.5 Å². The Morgan fingerprint density at radius 2 is 1.72 bits per heavy atom. The van der Waals surface area contributed by atoms with E-state index in [0.717, 1.165) is 34.8 Å². The molecule has 1 unspecified atom stereocenters. The number of hydrogen-bond acceptors (Lipinski definition) is 4. The molecule has 1 atom stereocenters. The lowest BCUT2D eigenvalue weighted by Gasteiger charge is -2.12. The molecule has 0 aliphatic carbocycles. The minimum atomic E-state index is -0.272. The number of hydrogen-bond donors (Lipinski definition) is 3. The molecule has 3 N–H and O–H groups in total. The van der Waals surface area contributed by atoms with Crippen LogP contribution in [0.1, 0.15) is 17.7 Å². The van der Waals surface area contributed by atoms with Gasteiger partial charge in [-0.05, 0) is 60.9 Å². The Hall–Kier alpha value is -3.42. The number of rotatable bonds is 7. The summed E-state index contributed by atoms with van der Waals surface area (Å²) in [5, 5.41) is 8.42. The van der Waals surface area contributed by atoms with E-state index < -0.39 is 0 Å². The van der Waals surface area contributed by atoms with Crippen molar-refractivity contribution in [2.75, 3.05) is 23.8 Å². The summed E-state index contributed by atoms with van der Waals surface area (Å²) in [5.74, 6) is -0.213. The summed E-state index contributed by atoms with van der Waals surface area (Å²) in [6, 6.07) is 20.9. The predicted molar refractivity (Wildman–Crippen MR) is 130 cm³/mol. The number of carbonyl (C=O) groups is 2. The third kappa shape index (κ3) is 6.29. The number of thiophene rings is 1. The number of ether oxygens (including phenoxy) is 1. The molecule has 32 heavy (non-hydrogen) atoms. The van der Waals surface area contributed by atoms with E-state index in [9.17, 15) is 9.59 Å². The summed E-state index contributed by atoms with van der Waals surface area (Å²) in [4.78, 5) is 26.4. The normalized spacial score (nSPS) is 15.6. The first-order valence-corrected chi connectivity index (χ1v) is 11.4. The van der Waals surface area contributed by atoms with E-state index in [2.05, 4.69) is 34.1 Å². The smallest absolute Gasteiger partial charge is 0.319 e. The van der Waals surface area contributed by atoms with Crippen molar-refractivity contribution in [1.29, 1.82) is 0 Å². The molecule has 164 valence electrons. The lowest BCUT2D eigenvalue weighted by Crippen LogP contribution is -2.35. The minimum absolute atomic E-state index is 0.102. The van der Waals surface area contributed by atoms with Gasteiger partial charge in [-0.2, -0.15) is 0 Å². The number of urea groups is 1. The van der Waals surface area contributed by atoms with Crippen LogP contribution in [0, 0.1) is 0 Å². The summed E-state index contributed by atoms with van der Waals surface area (Å²) >= 11 is 1.63. The van der Waals surface area contributed by atoms with Crippen molar-refractivity contribution in [3.05, 3.63) is 77.7 Å². The van der Waals surface area contributed by atoms with Crippen LogP contribution in [0.4, 0.5) is 16.2 Å². The summed E-state index contributed by atoms with van der Waals surface area (Å²) < 4.78 is 5.49. The van der Waals surface area contributed by atoms with Gasteiger partial charge in [0.2, 0.25) is 5.91 Å². The molecule has 1 saturated heterocycles. The Labute approximate surface area is 191 Å². The van der Waals surface area contributed by atoms with Crippen molar-refractivity contribution in [3.8, 4) is 10.4 Å². The second kappa shape index (κ2) is 10.7. The molecule has 4 rings (SSSR count). The van der Waals surface area contributed by atoms with Gasteiger partial charge in [0, 0.05) is 40.4 Å². The lowest BCUT2D eigenvalue weighted by atomic mass is 10.2. The Morgan fingerprint density at radius 1 is 0.969 bits per heavy atom. The zero-order valence-electron chi connectivity index (χ0n) is 17.5.